The fourth-order valence-corrected chi connectivity index (χ4v) is 3.11. The molecule has 4 rings (SSSR count). The molecule has 1 amide bonds. The van der Waals surface area contributed by atoms with Crippen LogP contribution in [-0.4, -0.2) is 65.5 Å². The lowest BCUT2D eigenvalue weighted by Crippen LogP contribution is -2.41. The Morgan fingerprint density at radius 1 is 1.38 bits per heavy atom. The Morgan fingerprint density at radius 2 is 2.17 bits per heavy atom. The number of carbonyl (C=O) groups excluding carboxylic acids is 1. The Bertz CT molecular complexity index is 1090. The van der Waals surface area contributed by atoms with E-state index in [1.54, 1.807) is 0 Å². The minimum Gasteiger partial charge on any atom is -0.394 e. The lowest BCUT2D eigenvalue weighted by Gasteiger charge is -2.22. The van der Waals surface area contributed by atoms with Gasteiger partial charge in [0.2, 0.25) is 5.96 Å². The number of amides is 1. The van der Waals surface area contributed by atoms with Crippen molar-refractivity contribution in [1.82, 2.24) is 24.8 Å². The van der Waals surface area contributed by atoms with Gasteiger partial charge in [-0.1, -0.05) is 0 Å². The molecule has 1 saturated heterocycles. The monoisotopic (exact) mass is 407 g/mol. The smallest absolute Gasteiger partial charge is 0.325 e. The number of hydrogen-bond acceptors (Lipinski definition) is 10. The number of aromatic amines is 2. The molecule has 154 valence electrons. The zero-order chi connectivity index (χ0) is 20.7. The number of nitrogens with zero attached hydrogens (tertiary/aromatic N) is 3. The zero-order valence-electron chi connectivity index (χ0n) is 14.7. The van der Waals surface area contributed by atoms with Crippen LogP contribution in [0.25, 0.3) is 0 Å². The molecule has 2 aliphatic rings. The minimum absolute atomic E-state index is 0.162. The second-order valence-corrected chi connectivity index (χ2v) is 6.42. The van der Waals surface area contributed by atoms with Crippen LogP contribution in [0.2, 0.25) is 0 Å². The van der Waals surface area contributed by atoms with Crippen molar-refractivity contribution in [2.45, 2.75) is 31.1 Å². The topological polar surface area (TPSA) is 207 Å². The molecule has 2 aromatic rings. The van der Waals surface area contributed by atoms with Crippen molar-refractivity contribution in [3.8, 4) is 0 Å². The molecule has 4 atom stereocenters. The Labute approximate surface area is 160 Å². The molecule has 14 nitrogen and oxygen atoms in total. The van der Waals surface area contributed by atoms with Crippen LogP contribution in [0.1, 0.15) is 34.9 Å². The normalized spacial score (nSPS) is 25.8. The Morgan fingerprint density at radius 3 is 2.86 bits per heavy atom. The van der Waals surface area contributed by atoms with Crippen molar-refractivity contribution in [3.63, 3.8) is 0 Å². The number of guanidine groups is 1. The first-order chi connectivity index (χ1) is 13.9. The number of H-pyrrole nitrogens is 2. The number of anilines is 1. The molecule has 14 heteroatoms. The van der Waals surface area contributed by atoms with Crippen LogP contribution in [0.5, 0.6) is 0 Å². The van der Waals surface area contributed by atoms with Gasteiger partial charge in [-0.3, -0.25) is 24.5 Å². The molecule has 0 bridgehead atoms. The van der Waals surface area contributed by atoms with Gasteiger partial charge >= 0.3 is 5.69 Å². The molecule has 0 saturated carbocycles. The Balaban J connectivity index is 1.55. The van der Waals surface area contributed by atoms with Gasteiger partial charge in [0.05, 0.1) is 19.0 Å². The van der Waals surface area contributed by atoms with Crippen LogP contribution in [-0.2, 0) is 4.74 Å². The van der Waals surface area contributed by atoms with Crippen LogP contribution in [0.4, 0.5) is 5.82 Å². The summed E-state index contributed by atoms with van der Waals surface area (Å²) in [7, 11) is 0. The highest BCUT2D eigenvalue weighted by Gasteiger charge is 2.37. The van der Waals surface area contributed by atoms with Crippen LogP contribution in [0.3, 0.4) is 0 Å². The molecule has 7 N–H and O–H groups in total. The van der Waals surface area contributed by atoms with E-state index in [9.17, 15) is 29.7 Å². The standard InChI is InChI=1S/C15H17N7O7/c23-3-7-6(24)1-8(29-7)22-4-17-9-10(22)18-14(20-13(9)27)19-11(25)5-2-16-15(28)21-12(5)26/h2,4,6-8,13,23-24,27H,1,3H2,(H2,16,21,26,28)(H2,18,19,20,25)/t6-,7+,8+,13?/m0/s1. The van der Waals surface area contributed by atoms with Crippen molar-refractivity contribution >= 4 is 17.7 Å². The summed E-state index contributed by atoms with van der Waals surface area (Å²) in [5.41, 5.74) is -1.85. The van der Waals surface area contributed by atoms with Crippen LogP contribution in [0.15, 0.2) is 27.1 Å². The predicted molar refractivity (Wildman–Crippen MR) is 95.0 cm³/mol. The average molecular weight is 407 g/mol. The molecule has 0 aromatic carbocycles. The van der Waals surface area contributed by atoms with Crippen LogP contribution >= 0.6 is 0 Å². The maximum atomic E-state index is 12.3. The van der Waals surface area contributed by atoms with E-state index in [1.165, 1.54) is 10.9 Å². The van der Waals surface area contributed by atoms with Crippen molar-refractivity contribution in [2.24, 2.45) is 4.99 Å². The average Bonchev–Trinajstić information content (AvgIpc) is 3.24. The molecule has 0 spiro atoms. The fraction of sp³-hybridized carbons (Fsp3) is 0.400. The van der Waals surface area contributed by atoms with Gasteiger partial charge in [0.15, 0.2) is 6.23 Å². The first-order valence-corrected chi connectivity index (χ1v) is 8.54. The van der Waals surface area contributed by atoms with E-state index in [-0.39, 0.29) is 36.1 Å². The van der Waals surface area contributed by atoms with Gasteiger partial charge in [-0.2, -0.15) is 0 Å². The number of carbonyl (C=O) groups is 1. The van der Waals surface area contributed by atoms with Crippen molar-refractivity contribution in [3.05, 3.63) is 44.6 Å². The lowest BCUT2D eigenvalue weighted by molar-refractivity contribution is -0.0437. The highest BCUT2D eigenvalue weighted by Crippen LogP contribution is 2.35. The van der Waals surface area contributed by atoms with Gasteiger partial charge in [-0.05, 0) is 0 Å². The van der Waals surface area contributed by atoms with Crippen LogP contribution < -0.4 is 21.9 Å². The van der Waals surface area contributed by atoms with E-state index in [0.717, 1.165) is 6.20 Å². The molecular formula is C15H17N7O7. The summed E-state index contributed by atoms with van der Waals surface area (Å²) in [5, 5.41) is 34.5. The number of aliphatic hydroxyl groups is 3. The summed E-state index contributed by atoms with van der Waals surface area (Å²) in [6.45, 7) is -0.360. The first-order valence-electron chi connectivity index (χ1n) is 8.54. The van der Waals surface area contributed by atoms with Gasteiger partial charge in [-0.15, -0.1) is 0 Å². The van der Waals surface area contributed by atoms with Gasteiger partial charge in [0, 0.05) is 12.6 Å². The second-order valence-electron chi connectivity index (χ2n) is 6.42. The zero-order valence-corrected chi connectivity index (χ0v) is 14.7. The number of aliphatic imine (C=N–C) groups is 1. The van der Waals surface area contributed by atoms with Gasteiger partial charge in [-0.25, -0.2) is 14.8 Å². The Hall–Kier alpha value is -3.33. The summed E-state index contributed by atoms with van der Waals surface area (Å²) in [6.07, 6.45) is -1.22. The molecule has 1 unspecified atom stereocenters. The van der Waals surface area contributed by atoms with Crippen molar-refractivity contribution in [1.29, 1.82) is 0 Å². The fourth-order valence-electron chi connectivity index (χ4n) is 3.11. The largest absolute Gasteiger partial charge is 0.394 e. The highest BCUT2D eigenvalue weighted by molar-refractivity contribution is 6.10. The van der Waals surface area contributed by atoms with E-state index >= 15 is 0 Å². The highest BCUT2D eigenvalue weighted by atomic mass is 16.5. The number of rotatable bonds is 3. The number of ether oxygens (including phenoxy) is 1. The number of nitrogens with one attached hydrogen (secondary N) is 4. The number of aliphatic hydroxyl groups excluding tert-OH is 3. The van der Waals surface area contributed by atoms with Crippen LogP contribution in [0, 0.1) is 0 Å². The van der Waals surface area contributed by atoms with E-state index in [2.05, 4.69) is 25.6 Å². The molecule has 0 aliphatic carbocycles. The Kier molecular flexibility index (Phi) is 4.75. The second kappa shape index (κ2) is 7.25. The van der Waals surface area contributed by atoms with E-state index in [4.69, 9.17) is 4.74 Å². The minimum atomic E-state index is -1.41. The summed E-state index contributed by atoms with van der Waals surface area (Å²) in [6, 6.07) is 0. The molecule has 2 aliphatic heterocycles. The van der Waals surface area contributed by atoms with E-state index in [1.807, 2.05) is 4.98 Å². The summed E-state index contributed by atoms with van der Waals surface area (Å²) >= 11 is 0. The third kappa shape index (κ3) is 3.44. The summed E-state index contributed by atoms with van der Waals surface area (Å²) < 4.78 is 7.07. The summed E-state index contributed by atoms with van der Waals surface area (Å²) in [4.78, 5) is 47.2. The molecular weight excluding hydrogens is 390 g/mol. The van der Waals surface area contributed by atoms with Crippen molar-refractivity contribution in [2.75, 3.05) is 11.9 Å². The van der Waals surface area contributed by atoms with Gasteiger partial charge in [0.1, 0.15) is 29.4 Å². The third-order valence-corrected chi connectivity index (χ3v) is 4.55. The number of fused-ring (bicyclic) bond motifs is 1. The molecule has 0 radical (unpaired) electrons. The maximum absolute atomic E-state index is 12.3. The third-order valence-electron chi connectivity index (χ3n) is 4.55. The van der Waals surface area contributed by atoms with Gasteiger partial charge in [0.25, 0.3) is 11.5 Å². The van der Waals surface area contributed by atoms with Gasteiger partial charge < -0.3 is 30.4 Å². The first kappa shape index (κ1) is 19.0. The lowest BCUT2D eigenvalue weighted by atomic mass is 10.2. The maximum Gasteiger partial charge on any atom is 0.325 e. The van der Waals surface area contributed by atoms with E-state index in [0.29, 0.717) is 0 Å². The molecule has 29 heavy (non-hydrogen) atoms. The quantitative estimate of drug-likeness (QED) is 0.278. The molecule has 2 aromatic heterocycles. The van der Waals surface area contributed by atoms with E-state index < -0.39 is 41.8 Å². The molecule has 1 fully saturated rings. The SMILES string of the molecule is O=C(NC1=NC(O)c2ncn([C@H]3C[C@H](O)[C@@H](CO)O3)c2N1)c1c[nH]c(=O)[nH]c1=O. The van der Waals surface area contributed by atoms with Crippen molar-refractivity contribution < 1.29 is 24.9 Å². The molecule has 4 heterocycles. The number of imidazole rings is 1. The number of aromatic nitrogens is 4. The number of hydrogen-bond donors (Lipinski definition) is 7. The summed E-state index contributed by atoms with van der Waals surface area (Å²) in [5.74, 6) is -0.781. The predicted octanol–water partition coefficient (Wildman–Crippen LogP) is -2.90.